The Bertz CT molecular complexity index is 432. The highest BCUT2D eigenvalue weighted by Gasteiger charge is 2.37. The maximum Gasteiger partial charge on any atom is 0.240 e. The Kier molecular flexibility index (Phi) is 3.07. The van der Waals surface area contributed by atoms with Crippen molar-refractivity contribution in [2.24, 2.45) is 7.05 Å². The largest absolute Gasteiger partial charge is 0.337 e. The zero-order valence-corrected chi connectivity index (χ0v) is 10.8. The number of rotatable bonds is 4. The molecule has 1 aliphatic carbocycles. The lowest BCUT2D eigenvalue weighted by atomic mass is 10.2. The number of hydrogen-bond acceptors (Lipinski definition) is 3. The van der Waals surface area contributed by atoms with Crippen LogP contribution in [0, 0.1) is 0 Å². The van der Waals surface area contributed by atoms with Crippen molar-refractivity contribution in [2.75, 3.05) is 6.54 Å². The average Bonchev–Trinajstić information content (AvgIpc) is 2.90. The lowest BCUT2D eigenvalue weighted by Crippen LogP contribution is -2.44. The predicted molar refractivity (Wildman–Crippen MR) is 67.8 cm³/mol. The van der Waals surface area contributed by atoms with Crippen LogP contribution in [0.2, 0.25) is 0 Å². The molecule has 1 aromatic rings. The molecule has 3 rings (SSSR count). The molecule has 1 atom stereocenters. The lowest BCUT2D eigenvalue weighted by Gasteiger charge is -2.25. The highest BCUT2D eigenvalue weighted by atomic mass is 16.2. The summed E-state index contributed by atoms with van der Waals surface area (Å²) in [6, 6.07) is 0.475. The number of carbonyl (C=O) groups is 1. The first-order valence-electron chi connectivity index (χ1n) is 6.76. The van der Waals surface area contributed by atoms with Crippen molar-refractivity contribution in [2.45, 2.75) is 44.3 Å². The summed E-state index contributed by atoms with van der Waals surface area (Å²) in [5, 5.41) is 3.30. The van der Waals surface area contributed by atoms with Gasteiger partial charge in [-0.1, -0.05) is 0 Å². The van der Waals surface area contributed by atoms with Gasteiger partial charge in [0.05, 0.1) is 12.6 Å². The number of aryl methyl sites for hydroxylation is 1. The number of aromatic nitrogens is 2. The van der Waals surface area contributed by atoms with Crippen LogP contribution in [0.5, 0.6) is 0 Å². The van der Waals surface area contributed by atoms with Crippen molar-refractivity contribution >= 4 is 5.91 Å². The molecule has 2 heterocycles. The van der Waals surface area contributed by atoms with Gasteiger partial charge in [0, 0.05) is 25.5 Å². The third-order valence-electron chi connectivity index (χ3n) is 3.86. The zero-order chi connectivity index (χ0) is 12.5. The van der Waals surface area contributed by atoms with Gasteiger partial charge in [0.15, 0.2) is 0 Å². The molecule has 18 heavy (non-hydrogen) atoms. The van der Waals surface area contributed by atoms with Crippen LogP contribution in [-0.2, 0) is 18.4 Å². The zero-order valence-electron chi connectivity index (χ0n) is 10.8. The normalized spacial score (nSPS) is 23.3. The Balaban J connectivity index is 1.72. The van der Waals surface area contributed by atoms with Crippen molar-refractivity contribution in [3.05, 3.63) is 18.2 Å². The molecule has 5 heteroatoms. The summed E-state index contributed by atoms with van der Waals surface area (Å²) in [5.74, 6) is 1.23. The van der Waals surface area contributed by atoms with Crippen molar-refractivity contribution in [3.8, 4) is 0 Å². The molecule has 1 saturated carbocycles. The molecule has 1 saturated heterocycles. The molecular formula is C13H20N4O. The Morgan fingerprint density at radius 3 is 2.94 bits per heavy atom. The summed E-state index contributed by atoms with van der Waals surface area (Å²) in [6.45, 7) is 1.61. The lowest BCUT2D eigenvalue weighted by molar-refractivity contribution is -0.134. The highest BCUT2D eigenvalue weighted by Crippen LogP contribution is 2.29. The van der Waals surface area contributed by atoms with Gasteiger partial charge in [0.1, 0.15) is 5.82 Å². The SMILES string of the molecule is Cn1ccnc1CN(C(=O)C1CCCN1)C1CC1. The Labute approximate surface area is 107 Å². The first-order chi connectivity index (χ1) is 8.75. The quantitative estimate of drug-likeness (QED) is 0.851. The van der Waals surface area contributed by atoms with E-state index in [0.29, 0.717) is 12.6 Å². The van der Waals surface area contributed by atoms with Gasteiger partial charge in [-0.2, -0.15) is 0 Å². The van der Waals surface area contributed by atoms with Gasteiger partial charge >= 0.3 is 0 Å². The smallest absolute Gasteiger partial charge is 0.240 e. The van der Waals surface area contributed by atoms with E-state index in [4.69, 9.17) is 0 Å². The van der Waals surface area contributed by atoms with Gasteiger partial charge in [-0.3, -0.25) is 4.79 Å². The maximum absolute atomic E-state index is 12.5. The first kappa shape index (κ1) is 11.7. The molecule has 0 aromatic carbocycles. The van der Waals surface area contributed by atoms with Crippen LogP contribution in [0.25, 0.3) is 0 Å². The standard InChI is InChI=1S/C13H20N4O/c1-16-8-7-15-12(16)9-17(10-4-5-10)13(18)11-3-2-6-14-11/h7-8,10-11,14H,2-6,9H2,1H3. The van der Waals surface area contributed by atoms with E-state index in [2.05, 4.69) is 10.3 Å². The van der Waals surface area contributed by atoms with E-state index in [1.54, 1.807) is 6.20 Å². The van der Waals surface area contributed by atoms with Crippen LogP contribution in [0.3, 0.4) is 0 Å². The highest BCUT2D eigenvalue weighted by molar-refractivity contribution is 5.82. The van der Waals surface area contributed by atoms with Crippen LogP contribution >= 0.6 is 0 Å². The molecular weight excluding hydrogens is 228 g/mol. The molecule has 1 unspecified atom stereocenters. The van der Waals surface area contributed by atoms with Crippen LogP contribution in [-0.4, -0.2) is 39.0 Å². The van der Waals surface area contributed by atoms with Gasteiger partial charge in [-0.15, -0.1) is 0 Å². The van der Waals surface area contributed by atoms with Gasteiger partial charge in [0.2, 0.25) is 5.91 Å². The molecule has 0 bridgehead atoms. The van der Waals surface area contributed by atoms with E-state index in [-0.39, 0.29) is 11.9 Å². The molecule has 0 radical (unpaired) electrons. The number of nitrogens with one attached hydrogen (secondary N) is 1. The summed E-state index contributed by atoms with van der Waals surface area (Å²) in [4.78, 5) is 18.8. The second kappa shape index (κ2) is 4.72. The third kappa shape index (κ3) is 2.27. The van der Waals surface area contributed by atoms with Crippen LogP contribution in [0.1, 0.15) is 31.5 Å². The van der Waals surface area contributed by atoms with E-state index in [9.17, 15) is 4.79 Å². The molecule has 1 N–H and O–H groups in total. The minimum atomic E-state index is 0.0332. The van der Waals surface area contributed by atoms with Crippen molar-refractivity contribution in [1.29, 1.82) is 0 Å². The number of nitrogens with zero attached hydrogens (tertiary/aromatic N) is 3. The summed E-state index contributed by atoms with van der Waals surface area (Å²) in [5.41, 5.74) is 0. The summed E-state index contributed by atoms with van der Waals surface area (Å²) >= 11 is 0. The van der Waals surface area contributed by atoms with Crippen molar-refractivity contribution in [1.82, 2.24) is 19.8 Å². The molecule has 98 valence electrons. The average molecular weight is 248 g/mol. The second-order valence-electron chi connectivity index (χ2n) is 5.30. The van der Waals surface area contributed by atoms with Crippen LogP contribution in [0.4, 0.5) is 0 Å². The molecule has 1 aromatic heterocycles. The van der Waals surface area contributed by atoms with Gasteiger partial charge in [0.25, 0.3) is 0 Å². The van der Waals surface area contributed by atoms with Crippen LogP contribution < -0.4 is 5.32 Å². The monoisotopic (exact) mass is 248 g/mol. The molecule has 1 aliphatic heterocycles. The third-order valence-corrected chi connectivity index (χ3v) is 3.86. The molecule has 0 spiro atoms. The second-order valence-corrected chi connectivity index (χ2v) is 5.30. The number of imidazole rings is 1. The Hall–Kier alpha value is -1.36. The topological polar surface area (TPSA) is 50.2 Å². The van der Waals surface area contributed by atoms with E-state index >= 15 is 0 Å². The number of carbonyl (C=O) groups excluding carboxylic acids is 1. The summed E-state index contributed by atoms with van der Waals surface area (Å²) in [6.07, 6.45) is 8.09. The van der Waals surface area contributed by atoms with E-state index in [1.807, 2.05) is 22.7 Å². The van der Waals surface area contributed by atoms with Crippen molar-refractivity contribution in [3.63, 3.8) is 0 Å². The first-order valence-corrected chi connectivity index (χ1v) is 6.76. The molecule has 5 nitrogen and oxygen atoms in total. The maximum atomic E-state index is 12.5. The number of amides is 1. The van der Waals surface area contributed by atoms with Crippen LogP contribution in [0.15, 0.2) is 12.4 Å². The fourth-order valence-electron chi connectivity index (χ4n) is 2.57. The molecule has 2 aliphatic rings. The summed E-state index contributed by atoms with van der Waals surface area (Å²) in [7, 11) is 1.98. The fourth-order valence-corrected chi connectivity index (χ4v) is 2.57. The minimum Gasteiger partial charge on any atom is -0.337 e. The molecule has 2 fully saturated rings. The van der Waals surface area contributed by atoms with Gasteiger partial charge in [-0.05, 0) is 32.2 Å². The van der Waals surface area contributed by atoms with Gasteiger partial charge in [-0.25, -0.2) is 4.98 Å². The van der Waals surface area contributed by atoms with E-state index in [0.717, 1.165) is 38.1 Å². The molecule has 1 amide bonds. The number of hydrogen-bond donors (Lipinski definition) is 1. The van der Waals surface area contributed by atoms with Crippen molar-refractivity contribution < 1.29 is 4.79 Å². The Morgan fingerprint density at radius 1 is 1.56 bits per heavy atom. The summed E-state index contributed by atoms with van der Waals surface area (Å²) < 4.78 is 1.99. The van der Waals surface area contributed by atoms with E-state index in [1.165, 1.54) is 0 Å². The van der Waals surface area contributed by atoms with Gasteiger partial charge < -0.3 is 14.8 Å². The van der Waals surface area contributed by atoms with E-state index < -0.39 is 0 Å². The minimum absolute atomic E-state index is 0.0332. The Morgan fingerprint density at radius 2 is 2.39 bits per heavy atom. The fraction of sp³-hybridized carbons (Fsp3) is 0.692. The predicted octanol–water partition coefficient (Wildman–Crippen LogP) is 0.663.